The van der Waals surface area contributed by atoms with Crippen LogP contribution in [0.4, 0.5) is 5.82 Å². The first-order valence-corrected chi connectivity index (χ1v) is 8.76. The van der Waals surface area contributed by atoms with Crippen molar-refractivity contribution in [2.24, 2.45) is 5.92 Å². The minimum absolute atomic E-state index is 0.0926. The summed E-state index contributed by atoms with van der Waals surface area (Å²) in [5, 5.41) is 11.7. The van der Waals surface area contributed by atoms with Crippen LogP contribution in [0.5, 0.6) is 0 Å². The maximum absolute atomic E-state index is 12.6. The molecule has 0 unspecified atom stereocenters. The van der Waals surface area contributed by atoms with Crippen LogP contribution >= 0.6 is 0 Å². The van der Waals surface area contributed by atoms with Crippen molar-refractivity contribution in [1.82, 2.24) is 15.5 Å². The van der Waals surface area contributed by atoms with E-state index in [0.29, 0.717) is 11.6 Å². The molecule has 6 nitrogen and oxygen atoms in total. The molecule has 0 bridgehead atoms. The summed E-state index contributed by atoms with van der Waals surface area (Å²) in [6.45, 7) is 3.53. The third kappa shape index (κ3) is 3.04. The van der Waals surface area contributed by atoms with Crippen molar-refractivity contribution < 1.29 is 9.53 Å². The van der Waals surface area contributed by atoms with E-state index in [0.717, 1.165) is 45.0 Å². The first-order valence-electron chi connectivity index (χ1n) is 8.76. The average molecular weight is 316 g/mol. The van der Waals surface area contributed by atoms with Crippen LogP contribution in [0.2, 0.25) is 0 Å². The zero-order valence-electron chi connectivity index (χ0n) is 13.5. The molecule has 1 amide bonds. The van der Waals surface area contributed by atoms with Crippen LogP contribution in [0.1, 0.15) is 49.0 Å². The minimum atomic E-state index is -0.0979. The molecule has 1 aliphatic carbocycles. The molecule has 2 aliphatic heterocycles. The molecular formula is C17H24N4O2. The van der Waals surface area contributed by atoms with Gasteiger partial charge in [0.1, 0.15) is 0 Å². The fraction of sp³-hybridized carbons (Fsp3) is 0.706. The minimum Gasteiger partial charge on any atom is -0.381 e. The predicted octanol–water partition coefficient (Wildman–Crippen LogP) is 1.77. The largest absolute Gasteiger partial charge is 0.381 e. The van der Waals surface area contributed by atoms with Gasteiger partial charge in [0.05, 0.1) is 0 Å². The monoisotopic (exact) mass is 316 g/mol. The molecule has 23 heavy (non-hydrogen) atoms. The summed E-state index contributed by atoms with van der Waals surface area (Å²) < 4.78 is 5.48. The molecule has 0 atom stereocenters. The number of carbonyl (C=O) groups excluding carboxylic acids is 1. The lowest BCUT2D eigenvalue weighted by Crippen LogP contribution is -2.53. The molecule has 2 saturated heterocycles. The Morgan fingerprint density at radius 3 is 2.52 bits per heavy atom. The summed E-state index contributed by atoms with van der Waals surface area (Å²) in [5.74, 6) is 1.38. The van der Waals surface area contributed by atoms with E-state index in [1.54, 1.807) is 6.07 Å². The van der Waals surface area contributed by atoms with Crippen LogP contribution in [0, 0.1) is 5.92 Å². The van der Waals surface area contributed by atoms with Crippen molar-refractivity contribution >= 4 is 11.7 Å². The highest BCUT2D eigenvalue weighted by atomic mass is 16.5. The Hall–Kier alpha value is -1.69. The second kappa shape index (κ2) is 6.07. The fourth-order valence-electron chi connectivity index (χ4n) is 3.86. The number of rotatable bonds is 4. The second-order valence-electron chi connectivity index (χ2n) is 6.97. The molecule has 1 N–H and O–H groups in total. The number of aromatic nitrogens is 2. The standard InChI is InChI=1S/C17H24N4O2/c22-16(18-17(13-3-4-13)7-11-23-12-8-17)14-5-6-15(20-19-14)21-9-1-2-10-21/h5-6,13H,1-4,7-12H2,(H,18,22). The number of hydrogen-bond acceptors (Lipinski definition) is 5. The Morgan fingerprint density at radius 1 is 1.17 bits per heavy atom. The van der Waals surface area contributed by atoms with Crippen LogP contribution < -0.4 is 10.2 Å². The number of anilines is 1. The lowest BCUT2D eigenvalue weighted by molar-refractivity contribution is 0.0275. The van der Waals surface area contributed by atoms with Gasteiger partial charge in [-0.15, -0.1) is 10.2 Å². The van der Waals surface area contributed by atoms with Crippen LogP contribution in [0.3, 0.4) is 0 Å². The van der Waals surface area contributed by atoms with Gasteiger partial charge in [0.15, 0.2) is 11.5 Å². The van der Waals surface area contributed by atoms with Gasteiger partial charge in [0.2, 0.25) is 0 Å². The first kappa shape index (κ1) is 14.9. The number of carbonyl (C=O) groups is 1. The van der Waals surface area contributed by atoms with Crippen molar-refractivity contribution in [3.8, 4) is 0 Å². The van der Waals surface area contributed by atoms with E-state index in [1.165, 1.54) is 25.7 Å². The van der Waals surface area contributed by atoms with E-state index in [4.69, 9.17) is 4.74 Å². The van der Waals surface area contributed by atoms with Gasteiger partial charge in [-0.05, 0) is 56.6 Å². The third-order valence-electron chi connectivity index (χ3n) is 5.42. The molecule has 0 spiro atoms. The van der Waals surface area contributed by atoms with E-state index in [-0.39, 0.29) is 11.4 Å². The van der Waals surface area contributed by atoms with E-state index in [2.05, 4.69) is 20.4 Å². The van der Waals surface area contributed by atoms with Gasteiger partial charge in [-0.3, -0.25) is 4.79 Å². The van der Waals surface area contributed by atoms with Crippen LogP contribution in [0.15, 0.2) is 12.1 Å². The number of nitrogens with zero attached hydrogens (tertiary/aromatic N) is 3. The topological polar surface area (TPSA) is 67.3 Å². The molecule has 0 aromatic carbocycles. The van der Waals surface area contributed by atoms with Gasteiger partial charge in [0, 0.05) is 31.8 Å². The summed E-state index contributed by atoms with van der Waals surface area (Å²) in [7, 11) is 0. The van der Waals surface area contributed by atoms with Gasteiger partial charge in [-0.1, -0.05) is 0 Å². The molecular weight excluding hydrogens is 292 g/mol. The Labute approximate surface area is 136 Å². The predicted molar refractivity (Wildman–Crippen MR) is 86.5 cm³/mol. The van der Waals surface area contributed by atoms with Crippen molar-refractivity contribution in [2.75, 3.05) is 31.2 Å². The quantitative estimate of drug-likeness (QED) is 0.917. The highest BCUT2D eigenvalue weighted by Crippen LogP contribution is 2.44. The van der Waals surface area contributed by atoms with Gasteiger partial charge in [-0.25, -0.2) is 0 Å². The summed E-state index contributed by atoms with van der Waals surface area (Å²) >= 11 is 0. The summed E-state index contributed by atoms with van der Waals surface area (Å²) in [6, 6.07) is 3.72. The van der Waals surface area contributed by atoms with E-state index >= 15 is 0 Å². The lowest BCUT2D eigenvalue weighted by Gasteiger charge is -2.38. The molecule has 4 rings (SSSR count). The maximum atomic E-state index is 12.6. The SMILES string of the molecule is O=C(NC1(C2CC2)CCOCC1)c1ccc(N2CCCC2)nn1. The van der Waals surface area contributed by atoms with Crippen LogP contribution in [-0.2, 0) is 4.74 Å². The van der Waals surface area contributed by atoms with Crippen LogP contribution in [0.25, 0.3) is 0 Å². The molecule has 3 heterocycles. The fourth-order valence-corrected chi connectivity index (χ4v) is 3.86. The summed E-state index contributed by atoms with van der Waals surface area (Å²) in [6.07, 6.45) is 6.64. The average Bonchev–Trinajstić information content (AvgIpc) is 3.32. The van der Waals surface area contributed by atoms with Crippen molar-refractivity contribution in [2.45, 2.75) is 44.1 Å². The molecule has 1 saturated carbocycles. The number of nitrogens with one attached hydrogen (secondary N) is 1. The molecule has 1 aromatic rings. The Morgan fingerprint density at radius 2 is 1.91 bits per heavy atom. The van der Waals surface area contributed by atoms with Crippen molar-refractivity contribution in [3.63, 3.8) is 0 Å². The summed E-state index contributed by atoms with van der Waals surface area (Å²) in [5.41, 5.74) is 0.324. The van der Waals surface area contributed by atoms with Crippen molar-refractivity contribution in [1.29, 1.82) is 0 Å². The number of amides is 1. The van der Waals surface area contributed by atoms with Crippen molar-refractivity contribution in [3.05, 3.63) is 17.8 Å². The molecule has 1 aromatic heterocycles. The smallest absolute Gasteiger partial charge is 0.272 e. The van der Waals surface area contributed by atoms with Gasteiger partial charge in [-0.2, -0.15) is 0 Å². The van der Waals surface area contributed by atoms with Gasteiger partial charge >= 0.3 is 0 Å². The van der Waals surface area contributed by atoms with E-state index in [1.807, 2.05) is 6.07 Å². The Bertz CT molecular complexity index is 558. The number of ether oxygens (including phenoxy) is 1. The van der Waals surface area contributed by atoms with E-state index < -0.39 is 0 Å². The Balaban J connectivity index is 1.45. The zero-order valence-corrected chi connectivity index (χ0v) is 13.5. The van der Waals surface area contributed by atoms with Gasteiger partial charge in [0.25, 0.3) is 5.91 Å². The third-order valence-corrected chi connectivity index (χ3v) is 5.42. The molecule has 3 aliphatic rings. The zero-order chi connectivity index (χ0) is 15.7. The normalized spacial score (nSPS) is 23.7. The molecule has 0 radical (unpaired) electrons. The van der Waals surface area contributed by atoms with E-state index in [9.17, 15) is 4.79 Å². The lowest BCUT2D eigenvalue weighted by atomic mass is 9.84. The highest BCUT2D eigenvalue weighted by molar-refractivity contribution is 5.92. The first-order chi connectivity index (χ1) is 11.3. The van der Waals surface area contributed by atoms with Gasteiger partial charge < -0.3 is 15.0 Å². The molecule has 6 heteroatoms. The molecule has 124 valence electrons. The number of hydrogen-bond donors (Lipinski definition) is 1. The molecule has 3 fully saturated rings. The maximum Gasteiger partial charge on any atom is 0.272 e. The Kier molecular flexibility index (Phi) is 3.93. The summed E-state index contributed by atoms with van der Waals surface area (Å²) in [4.78, 5) is 14.8. The highest BCUT2D eigenvalue weighted by Gasteiger charge is 2.47. The second-order valence-corrected chi connectivity index (χ2v) is 6.97. The van der Waals surface area contributed by atoms with Crippen LogP contribution in [-0.4, -0.2) is 47.9 Å².